The quantitative estimate of drug-likeness (QED) is 0.357. The number of aromatic nitrogens is 2. The summed E-state index contributed by atoms with van der Waals surface area (Å²) in [5.41, 5.74) is 0. The van der Waals surface area contributed by atoms with Gasteiger partial charge in [0.05, 0.1) is 0 Å². The molecule has 5 heteroatoms. The minimum atomic E-state index is 0.384. The number of nitrogens with zero attached hydrogens (tertiary/aromatic N) is 3. The van der Waals surface area contributed by atoms with Gasteiger partial charge < -0.3 is 4.52 Å². The van der Waals surface area contributed by atoms with Crippen molar-refractivity contribution in [2.24, 2.45) is 4.99 Å². The van der Waals surface area contributed by atoms with Crippen LogP contribution in [0.5, 0.6) is 0 Å². The van der Waals surface area contributed by atoms with Gasteiger partial charge in [-0.2, -0.15) is 4.98 Å². The van der Waals surface area contributed by atoms with Crippen molar-refractivity contribution in [2.75, 3.05) is 0 Å². The molecule has 0 aromatic carbocycles. The summed E-state index contributed by atoms with van der Waals surface area (Å²) in [5.74, 6) is 0.922. The van der Waals surface area contributed by atoms with Gasteiger partial charge in [0.1, 0.15) is 0 Å². The number of aliphatic imine (C=N–C) groups is 1. The van der Waals surface area contributed by atoms with Crippen molar-refractivity contribution in [1.29, 1.82) is 0 Å². The molecule has 0 N–H and O–H groups in total. The van der Waals surface area contributed by atoms with Gasteiger partial charge in [0, 0.05) is 6.21 Å². The predicted molar refractivity (Wildman–Crippen MR) is 36.3 cm³/mol. The molecule has 1 aromatic heterocycles. The van der Waals surface area contributed by atoms with E-state index in [4.69, 9.17) is 0 Å². The third kappa shape index (κ3) is 1.38. The fourth-order valence-corrected chi connectivity index (χ4v) is 0.456. The molecule has 0 aliphatic carbocycles. The normalized spacial score (nSPS) is 10.8. The first kappa shape index (κ1) is 6.00. The molecule has 0 atom stereocenters. The van der Waals surface area contributed by atoms with E-state index in [1.165, 1.54) is 0 Å². The van der Waals surface area contributed by atoms with Crippen LogP contribution >= 0.6 is 0 Å². The Morgan fingerprint density at radius 3 is 3.00 bits per heavy atom. The van der Waals surface area contributed by atoms with Crippen LogP contribution in [0.1, 0.15) is 6.92 Å². The molecule has 0 saturated carbocycles. The lowest BCUT2D eigenvalue weighted by Crippen LogP contribution is -1.99. The van der Waals surface area contributed by atoms with Crippen LogP contribution in [-0.2, 0) is 0 Å². The lowest BCUT2D eigenvalue weighted by molar-refractivity contribution is 0.447. The molecule has 0 aliphatic heterocycles. The fourth-order valence-electron chi connectivity index (χ4n) is 0.456. The van der Waals surface area contributed by atoms with E-state index in [0.717, 1.165) is 0 Å². The highest BCUT2D eigenvalue weighted by atomic mass is 16.5. The average Bonchev–Trinajstić information content (AvgIpc) is 2.17. The van der Waals surface area contributed by atoms with E-state index >= 15 is 0 Å². The van der Waals surface area contributed by atoms with Crippen molar-refractivity contribution < 1.29 is 4.52 Å². The molecule has 0 fully saturated rings. The molecule has 1 aromatic rings. The molecule has 0 spiro atoms. The maximum atomic E-state index is 4.64. The zero-order valence-electron chi connectivity index (χ0n) is 5.33. The molecule has 0 unspecified atom stereocenters. The van der Waals surface area contributed by atoms with Crippen molar-refractivity contribution >= 4 is 25.8 Å². The highest BCUT2D eigenvalue weighted by molar-refractivity contribution is 6.28. The van der Waals surface area contributed by atoms with Crippen LogP contribution in [-0.4, -0.2) is 24.2 Å². The molecule has 1 rings (SSSR count). The Morgan fingerprint density at radius 1 is 1.78 bits per heavy atom. The van der Waals surface area contributed by atoms with Crippen LogP contribution < -0.4 is 5.79 Å². The largest absolute Gasteiger partial charge is 0.350 e. The van der Waals surface area contributed by atoms with Crippen LogP contribution in [0.3, 0.4) is 0 Å². The second-order valence-electron chi connectivity index (χ2n) is 1.50. The van der Waals surface area contributed by atoms with Crippen LogP contribution in [0, 0.1) is 0 Å². The molecule has 0 saturated heterocycles. The summed E-state index contributed by atoms with van der Waals surface area (Å²) >= 11 is 0. The third-order valence-corrected chi connectivity index (χ3v) is 0.761. The number of hydrogen-bond acceptors (Lipinski definition) is 4. The second-order valence-corrected chi connectivity index (χ2v) is 1.50. The summed E-state index contributed by atoms with van der Waals surface area (Å²) in [4.78, 5) is 7.61. The Hall–Kier alpha value is -1.13. The molecular weight excluding hydrogens is 117 g/mol. The van der Waals surface area contributed by atoms with Gasteiger partial charge >= 0.3 is 0 Å². The Morgan fingerprint density at radius 2 is 2.56 bits per heavy atom. The van der Waals surface area contributed by atoms with Gasteiger partial charge in [0.2, 0.25) is 7.85 Å². The van der Waals surface area contributed by atoms with Crippen molar-refractivity contribution in [2.45, 2.75) is 6.92 Å². The van der Waals surface area contributed by atoms with E-state index < -0.39 is 0 Å². The van der Waals surface area contributed by atoms with E-state index in [2.05, 4.69) is 19.7 Å². The third-order valence-electron chi connectivity index (χ3n) is 0.761. The lowest BCUT2D eigenvalue weighted by Gasteiger charge is -1.71. The monoisotopic (exact) mass is 123 g/mol. The predicted octanol–water partition coefficient (Wildman–Crippen LogP) is -0.950. The number of rotatable bonds is 1. The molecule has 4 nitrogen and oxygen atoms in total. The van der Waals surface area contributed by atoms with Crippen LogP contribution in [0.15, 0.2) is 9.52 Å². The maximum absolute atomic E-state index is 4.64. The summed E-state index contributed by atoms with van der Waals surface area (Å²) in [5, 5.41) is 3.52. The molecular formula is C4H6BN3O. The summed E-state index contributed by atoms with van der Waals surface area (Å²) in [6, 6.07) is 0. The lowest BCUT2D eigenvalue weighted by atomic mass is 10.2. The van der Waals surface area contributed by atoms with Gasteiger partial charge in [-0.3, -0.25) is 0 Å². The molecule has 0 bridgehead atoms. The van der Waals surface area contributed by atoms with Gasteiger partial charge in [-0.15, -0.1) is 0 Å². The Bertz CT molecular complexity index is 219. The topological polar surface area (TPSA) is 51.3 Å². The van der Waals surface area contributed by atoms with Crippen LogP contribution in [0.4, 0.5) is 5.95 Å². The molecule has 0 radical (unpaired) electrons. The summed E-state index contributed by atoms with van der Waals surface area (Å²) in [7, 11) is 1.72. The standard InChI is InChI=1S/C4H6BN3O/c1-2-6-4-7-3(5)9-8-4/h2H,5H2,1H3/b6-2-. The average molecular weight is 123 g/mol. The van der Waals surface area contributed by atoms with E-state index in [0.29, 0.717) is 11.7 Å². The van der Waals surface area contributed by atoms with Gasteiger partial charge in [-0.1, -0.05) is 0 Å². The first-order valence-electron chi connectivity index (χ1n) is 2.62. The second kappa shape index (κ2) is 2.43. The van der Waals surface area contributed by atoms with Crippen LogP contribution in [0.2, 0.25) is 0 Å². The van der Waals surface area contributed by atoms with Gasteiger partial charge in [-0.05, 0) is 12.1 Å². The van der Waals surface area contributed by atoms with Gasteiger partial charge in [-0.25, -0.2) is 4.99 Å². The van der Waals surface area contributed by atoms with Crippen LogP contribution in [0.25, 0.3) is 0 Å². The summed E-state index contributed by atoms with van der Waals surface area (Å²) < 4.78 is 4.64. The molecule has 1 heterocycles. The Balaban J connectivity index is 2.85. The first-order valence-corrected chi connectivity index (χ1v) is 2.62. The van der Waals surface area contributed by atoms with E-state index in [1.54, 1.807) is 21.0 Å². The molecule has 0 aliphatic rings. The van der Waals surface area contributed by atoms with Gasteiger partial charge in [0.15, 0.2) is 5.79 Å². The van der Waals surface area contributed by atoms with E-state index in [-0.39, 0.29) is 0 Å². The zero-order valence-corrected chi connectivity index (χ0v) is 5.33. The molecule has 46 valence electrons. The highest BCUT2D eigenvalue weighted by Crippen LogP contribution is 1.95. The number of hydrogen-bond donors (Lipinski definition) is 0. The highest BCUT2D eigenvalue weighted by Gasteiger charge is 1.94. The first-order chi connectivity index (χ1) is 4.33. The smallest absolute Gasteiger partial charge is 0.288 e. The van der Waals surface area contributed by atoms with E-state index in [9.17, 15) is 0 Å². The Labute approximate surface area is 53.4 Å². The molecule has 0 amide bonds. The Kier molecular flexibility index (Phi) is 1.62. The minimum Gasteiger partial charge on any atom is -0.350 e. The minimum absolute atomic E-state index is 0.384. The van der Waals surface area contributed by atoms with Crippen molar-refractivity contribution in [3.05, 3.63) is 0 Å². The summed E-state index contributed by atoms with van der Waals surface area (Å²) in [6.07, 6.45) is 1.62. The van der Waals surface area contributed by atoms with E-state index in [1.807, 2.05) is 0 Å². The summed E-state index contributed by atoms with van der Waals surface area (Å²) in [6.45, 7) is 1.80. The zero-order chi connectivity index (χ0) is 6.69. The van der Waals surface area contributed by atoms with Crippen molar-refractivity contribution in [1.82, 2.24) is 10.1 Å². The molecule has 9 heavy (non-hydrogen) atoms. The van der Waals surface area contributed by atoms with Gasteiger partial charge in [0.25, 0.3) is 5.95 Å². The SMILES string of the molecule is Bc1nc(/N=C\C)no1. The van der Waals surface area contributed by atoms with Crippen molar-refractivity contribution in [3.8, 4) is 0 Å². The fraction of sp³-hybridized carbons (Fsp3) is 0.250. The maximum Gasteiger partial charge on any atom is 0.288 e. The van der Waals surface area contributed by atoms with Crippen molar-refractivity contribution in [3.63, 3.8) is 0 Å².